The smallest absolute Gasteiger partial charge is 0.244 e. The van der Waals surface area contributed by atoms with Crippen molar-refractivity contribution in [1.82, 2.24) is 4.31 Å². The number of benzene rings is 3. The van der Waals surface area contributed by atoms with E-state index in [1.807, 2.05) is 74.5 Å². The molecule has 3 aromatic carbocycles. The molecular weight excluding hydrogens is 553 g/mol. The highest BCUT2D eigenvalue weighted by atomic mass is 127. The number of halogens is 1. The molecule has 1 aliphatic heterocycles. The van der Waals surface area contributed by atoms with E-state index in [-0.39, 0.29) is 4.90 Å². The van der Waals surface area contributed by atoms with Crippen molar-refractivity contribution in [2.45, 2.75) is 35.7 Å². The predicted molar refractivity (Wildman–Crippen MR) is 138 cm³/mol. The minimum absolute atomic E-state index is 0.245. The van der Waals surface area contributed by atoms with E-state index in [1.54, 1.807) is 24.3 Å². The number of alkyl halides is 1. The average Bonchev–Trinajstić information content (AvgIpc) is 3.20. The van der Waals surface area contributed by atoms with Crippen molar-refractivity contribution in [2.75, 3.05) is 4.43 Å². The summed E-state index contributed by atoms with van der Waals surface area (Å²) in [7, 11) is -5.31. The van der Waals surface area contributed by atoms with Gasteiger partial charge in [0.05, 0.1) is 27.8 Å². The number of hydrogen-bond acceptors (Lipinski definition) is 3. The lowest BCUT2D eigenvalue weighted by Crippen LogP contribution is -2.39. The molecule has 4 rings (SSSR count). The molecule has 0 N–H and O–H groups in total. The minimum Gasteiger partial charge on any atom is -0.249 e. The molecule has 166 valence electrons. The summed E-state index contributed by atoms with van der Waals surface area (Å²) >= 11 is 2.20. The Labute approximate surface area is 206 Å². The summed E-state index contributed by atoms with van der Waals surface area (Å²) in [6.45, 7) is 3.91. The number of hydrogen-bond donors (Lipinski definition) is 0. The van der Waals surface area contributed by atoms with Gasteiger partial charge in [-0.3, -0.25) is 0 Å². The first-order valence-electron chi connectivity index (χ1n) is 10.2. The van der Waals surface area contributed by atoms with Crippen LogP contribution in [0.4, 0.5) is 0 Å². The van der Waals surface area contributed by atoms with E-state index < -0.39 is 32.9 Å². The third-order valence-corrected chi connectivity index (χ3v) is 9.82. The van der Waals surface area contributed by atoms with E-state index in [1.165, 1.54) is 4.31 Å². The molecule has 0 fully saturated rings. The highest BCUT2D eigenvalue weighted by Crippen LogP contribution is 2.44. The number of aryl methyl sites for hydroxylation is 2. The van der Waals surface area contributed by atoms with Crippen LogP contribution in [0.25, 0.3) is 0 Å². The fourth-order valence-corrected chi connectivity index (χ4v) is 7.97. The van der Waals surface area contributed by atoms with E-state index in [9.17, 15) is 12.6 Å². The Balaban J connectivity index is 1.85. The SMILES string of the molecule is Cc1ccc(S(=O)C2=C[C@H](CI)N(S(=O)(=O)c3ccc(C)cc3)[C@H]2c2ccccc2)cc1. The van der Waals surface area contributed by atoms with Crippen LogP contribution in [-0.2, 0) is 20.8 Å². The molecule has 0 aromatic heterocycles. The summed E-state index contributed by atoms with van der Waals surface area (Å²) in [6.07, 6.45) is 1.88. The van der Waals surface area contributed by atoms with E-state index in [2.05, 4.69) is 22.6 Å². The van der Waals surface area contributed by atoms with Crippen molar-refractivity contribution < 1.29 is 12.6 Å². The van der Waals surface area contributed by atoms with Crippen LogP contribution in [0, 0.1) is 13.8 Å². The molecule has 1 heterocycles. The number of sulfonamides is 1. The monoisotopic (exact) mass is 577 g/mol. The predicted octanol–water partition coefficient (Wildman–Crippen LogP) is 5.54. The van der Waals surface area contributed by atoms with Crippen LogP contribution in [0.15, 0.2) is 99.6 Å². The molecule has 0 saturated carbocycles. The van der Waals surface area contributed by atoms with Gasteiger partial charge >= 0.3 is 0 Å². The van der Waals surface area contributed by atoms with Gasteiger partial charge in [-0.15, -0.1) is 0 Å². The van der Waals surface area contributed by atoms with Crippen LogP contribution >= 0.6 is 22.6 Å². The van der Waals surface area contributed by atoms with Gasteiger partial charge in [0.25, 0.3) is 0 Å². The summed E-state index contributed by atoms with van der Waals surface area (Å²) in [4.78, 5) is 1.52. The molecule has 7 heteroatoms. The van der Waals surface area contributed by atoms with Crippen molar-refractivity contribution in [2.24, 2.45) is 0 Å². The van der Waals surface area contributed by atoms with Gasteiger partial charge in [-0.25, -0.2) is 12.6 Å². The quantitative estimate of drug-likeness (QED) is 0.286. The van der Waals surface area contributed by atoms with Gasteiger partial charge in [0, 0.05) is 14.2 Å². The van der Waals surface area contributed by atoms with Gasteiger partial charge in [0.15, 0.2) is 0 Å². The number of nitrogens with zero attached hydrogens (tertiary/aromatic N) is 1. The lowest BCUT2D eigenvalue weighted by molar-refractivity contribution is 0.362. The van der Waals surface area contributed by atoms with Crippen LogP contribution < -0.4 is 0 Å². The maximum Gasteiger partial charge on any atom is 0.244 e. The van der Waals surface area contributed by atoms with Gasteiger partial charge in [0.2, 0.25) is 10.0 Å². The van der Waals surface area contributed by atoms with Crippen molar-refractivity contribution in [3.8, 4) is 0 Å². The highest BCUT2D eigenvalue weighted by Gasteiger charge is 2.45. The Kier molecular flexibility index (Phi) is 7.00. The van der Waals surface area contributed by atoms with E-state index in [4.69, 9.17) is 0 Å². The Bertz CT molecular complexity index is 1250. The van der Waals surface area contributed by atoms with Crippen molar-refractivity contribution >= 4 is 43.4 Å². The topological polar surface area (TPSA) is 54.5 Å². The van der Waals surface area contributed by atoms with Crippen molar-refractivity contribution in [3.63, 3.8) is 0 Å². The molecule has 0 aliphatic carbocycles. The van der Waals surface area contributed by atoms with Gasteiger partial charge in [-0.2, -0.15) is 4.31 Å². The van der Waals surface area contributed by atoms with Crippen LogP contribution in [0.1, 0.15) is 22.7 Å². The zero-order valence-electron chi connectivity index (χ0n) is 17.8. The number of rotatable bonds is 6. The summed E-state index contributed by atoms with van der Waals surface area (Å²) in [5.41, 5.74) is 2.89. The molecule has 1 unspecified atom stereocenters. The van der Waals surface area contributed by atoms with Gasteiger partial charge in [-0.05, 0) is 43.7 Å². The first kappa shape index (κ1) is 23.4. The lowest BCUT2D eigenvalue weighted by atomic mass is 10.1. The third-order valence-electron chi connectivity index (χ3n) is 5.53. The Morgan fingerprint density at radius 2 is 1.44 bits per heavy atom. The molecule has 0 amide bonds. The minimum atomic E-state index is -3.83. The summed E-state index contributed by atoms with van der Waals surface area (Å²) < 4.78 is 43.4. The second kappa shape index (κ2) is 9.59. The standard InChI is InChI=1S/C25H24INO3S2/c1-18-8-12-22(13-9-18)31(28)24-16-21(17-26)27(25(24)20-6-4-3-5-7-20)32(29,30)23-14-10-19(2)11-15-23/h3-16,21,25H,17H2,1-2H3/t21-,25+,31?/m1/s1. The molecule has 32 heavy (non-hydrogen) atoms. The largest absolute Gasteiger partial charge is 0.249 e. The third kappa shape index (κ3) is 4.48. The van der Waals surface area contributed by atoms with Crippen LogP contribution in [0.2, 0.25) is 0 Å². The van der Waals surface area contributed by atoms with Crippen molar-refractivity contribution in [1.29, 1.82) is 0 Å². The van der Waals surface area contributed by atoms with Crippen LogP contribution in [-0.4, -0.2) is 27.4 Å². The molecule has 1 aliphatic rings. The van der Waals surface area contributed by atoms with E-state index in [0.29, 0.717) is 14.2 Å². The summed E-state index contributed by atoms with van der Waals surface area (Å²) in [6, 6.07) is 22.9. The highest BCUT2D eigenvalue weighted by molar-refractivity contribution is 14.1. The Morgan fingerprint density at radius 3 is 2.00 bits per heavy atom. The molecule has 0 saturated heterocycles. The molecule has 4 nitrogen and oxygen atoms in total. The maximum absolute atomic E-state index is 13.8. The van der Waals surface area contributed by atoms with Crippen molar-refractivity contribution in [3.05, 3.63) is 107 Å². The first-order chi connectivity index (χ1) is 15.3. The average molecular weight is 578 g/mol. The Hall–Kier alpha value is -1.81. The van der Waals surface area contributed by atoms with Gasteiger partial charge < -0.3 is 0 Å². The lowest BCUT2D eigenvalue weighted by Gasteiger charge is -2.30. The fraction of sp³-hybridized carbons (Fsp3) is 0.200. The normalized spacial score (nSPS) is 20.2. The molecule has 0 spiro atoms. The summed E-state index contributed by atoms with van der Waals surface area (Å²) in [5.74, 6) is 0. The zero-order chi connectivity index (χ0) is 22.9. The first-order valence-corrected chi connectivity index (χ1v) is 14.4. The molecular formula is C25H24INO3S2. The maximum atomic E-state index is 13.8. The molecule has 3 atom stereocenters. The Morgan fingerprint density at radius 1 is 0.875 bits per heavy atom. The second-order valence-corrected chi connectivity index (χ2v) is 12.0. The zero-order valence-corrected chi connectivity index (χ0v) is 21.6. The summed E-state index contributed by atoms with van der Waals surface area (Å²) in [5, 5.41) is 0. The van der Waals surface area contributed by atoms with E-state index >= 15 is 0 Å². The second-order valence-electron chi connectivity index (χ2n) is 7.83. The van der Waals surface area contributed by atoms with Gasteiger partial charge in [0.1, 0.15) is 0 Å². The molecule has 0 bridgehead atoms. The molecule has 3 aromatic rings. The van der Waals surface area contributed by atoms with Crippen LogP contribution in [0.3, 0.4) is 0 Å². The fourth-order valence-electron chi connectivity index (χ4n) is 3.84. The molecule has 0 radical (unpaired) electrons. The van der Waals surface area contributed by atoms with E-state index in [0.717, 1.165) is 16.7 Å². The van der Waals surface area contributed by atoms with Crippen LogP contribution in [0.5, 0.6) is 0 Å². The van der Waals surface area contributed by atoms with Gasteiger partial charge in [-0.1, -0.05) is 94.4 Å².